The van der Waals surface area contributed by atoms with Crippen molar-refractivity contribution in [2.24, 2.45) is 0 Å². The Morgan fingerprint density at radius 3 is 2.32 bits per heavy atom. The molecule has 0 unspecified atom stereocenters. The smallest absolute Gasteiger partial charge is 0.243 e. The maximum Gasteiger partial charge on any atom is 0.243 e. The Labute approximate surface area is 149 Å². The van der Waals surface area contributed by atoms with Crippen LogP contribution in [0.15, 0.2) is 53.7 Å². The molecule has 0 radical (unpaired) electrons. The van der Waals surface area contributed by atoms with Gasteiger partial charge >= 0.3 is 0 Å². The van der Waals surface area contributed by atoms with E-state index < -0.39 is 10.0 Å². The van der Waals surface area contributed by atoms with Crippen molar-refractivity contribution < 1.29 is 17.9 Å². The third kappa shape index (κ3) is 5.52. The fraction of sp³-hybridized carbons (Fsp3) is 0.389. The highest BCUT2D eigenvalue weighted by molar-refractivity contribution is 7.89. The standard InChI is InChI=1S/C18H24N2O4S/c1-3-13-24-17-4-6-18(7-5-17)25(21,22)20(12-14-23-2)15-16-8-10-19-11-9-16/h4-11H,3,12-15H2,1-2H3. The third-order valence-electron chi connectivity index (χ3n) is 3.59. The van der Waals surface area contributed by atoms with Crippen molar-refractivity contribution >= 4 is 10.0 Å². The number of benzene rings is 1. The summed E-state index contributed by atoms with van der Waals surface area (Å²) in [4.78, 5) is 4.20. The van der Waals surface area contributed by atoms with Crippen molar-refractivity contribution in [3.8, 4) is 5.75 Å². The molecule has 25 heavy (non-hydrogen) atoms. The summed E-state index contributed by atoms with van der Waals surface area (Å²) in [6.07, 6.45) is 4.20. The SMILES string of the molecule is CCCOc1ccc(S(=O)(=O)N(CCOC)Cc2ccncc2)cc1. The molecular weight excluding hydrogens is 340 g/mol. The lowest BCUT2D eigenvalue weighted by Gasteiger charge is -2.22. The highest BCUT2D eigenvalue weighted by Crippen LogP contribution is 2.21. The molecule has 0 N–H and O–H groups in total. The number of nitrogens with zero attached hydrogens (tertiary/aromatic N) is 2. The van der Waals surface area contributed by atoms with Crippen LogP contribution in [-0.4, -0.2) is 44.6 Å². The van der Waals surface area contributed by atoms with Gasteiger partial charge in [-0.1, -0.05) is 6.92 Å². The third-order valence-corrected chi connectivity index (χ3v) is 5.45. The minimum absolute atomic E-state index is 0.238. The number of rotatable bonds is 10. The van der Waals surface area contributed by atoms with Crippen molar-refractivity contribution in [3.63, 3.8) is 0 Å². The van der Waals surface area contributed by atoms with Crippen molar-refractivity contribution in [2.75, 3.05) is 26.9 Å². The number of hydrogen-bond donors (Lipinski definition) is 0. The van der Waals surface area contributed by atoms with Gasteiger partial charge < -0.3 is 9.47 Å². The van der Waals surface area contributed by atoms with Crippen molar-refractivity contribution in [3.05, 3.63) is 54.4 Å². The first-order valence-corrected chi connectivity index (χ1v) is 9.62. The predicted octanol–water partition coefficient (Wildman–Crippen LogP) is 2.71. The molecule has 2 rings (SSSR count). The molecular formula is C18H24N2O4S. The second-order valence-electron chi connectivity index (χ2n) is 5.51. The van der Waals surface area contributed by atoms with Crippen LogP contribution in [0.25, 0.3) is 0 Å². The molecule has 6 nitrogen and oxygen atoms in total. The van der Waals surface area contributed by atoms with Gasteiger partial charge in [-0.05, 0) is 48.4 Å². The van der Waals surface area contributed by atoms with Crippen LogP contribution in [0, 0.1) is 0 Å². The Hall–Kier alpha value is -1.96. The van der Waals surface area contributed by atoms with E-state index in [0.717, 1.165) is 12.0 Å². The maximum absolute atomic E-state index is 13.0. The molecule has 0 bridgehead atoms. The fourth-order valence-corrected chi connectivity index (χ4v) is 3.66. The monoisotopic (exact) mass is 364 g/mol. The Kier molecular flexibility index (Phi) is 7.36. The Balaban J connectivity index is 2.21. The molecule has 7 heteroatoms. The van der Waals surface area contributed by atoms with E-state index in [1.54, 1.807) is 55.9 Å². The molecule has 0 aliphatic carbocycles. The molecule has 0 saturated carbocycles. The fourth-order valence-electron chi connectivity index (χ4n) is 2.25. The van der Waals surface area contributed by atoms with Crippen LogP contribution in [0.3, 0.4) is 0 Å². The van der Waals surface area contributed by atoms with E-state index in [4.69, 9.17) is 9.47 Å². The van der Waals surface area contributed by atoms with Gasteiger partial charge in [0.25, 0.3) is 0 Å². The first-order valence-electron chi connectivity index (χ1n) is 8.18. The van der Waals surface area contributed by atoms with E-state index in [-0.39, 0.29) is 18.0 Å². The van der Waals surface area contributed by atoms with Crippen LogP contribution in [0.2, 0.25) is 0 Å². The lowest BCUT2D eigenvalue weighted by Crippen LogP contribution is -2.33. The quantitative estimate of drug-likeness (QED) is 0.648. The van der Waals surface area contributed by atoms with Gasteiger partial charge in [0.15, 0.2) is 0 Å². The molecule has 0 atom stereocenters. The molecule has 2 aromatic rings. The van der Waals surface area contributed by atoms with Crippen LogP contribution in [0.1, 0.15) is 18.9 Å². The number of ether oxygens (including phenoxy) is 2. The van der Waals surface area contributed by atoms with E-state index in [9.17, 15) is 8.42 Å². The first kappa shape index (κ1) is 19.4. The van der Waals surface area contributed by atoms with Crippen molar-refractivity contribution in [1.29, 1.82) is 0 Å². The summed E-state index contributed by atoms with van der Waals surface area (Å²) in [5.74, 6) is 0.665. The number of sulfonamides is 1. The minimum atomic E-state index is -3.63. The van der Waals surface area contributed by atoms with Crippen molar-refractivity contribution in [1.82, 2.24) is 9.29 Å². The summed E-state index contributed by atoms with van der Waals surface area (Å²) in [5.41, 5.74) is 0.873. The largest absolute Gasteiger partial charge is 0.494 e. The number of methoxy groups -OCH3 is 1. The first-order chi connectivity index (χ1) is 12.1. The van der Waals surface area contributed by atoms with E-state index in [1.165, 1.54) is 4.31 Å². The van der Waals surface area contributed by atoms with Gasteiger partial charge in [0, 0.05) is 32.6 Å². The van der Waals surface area contributed by atoms with Gasteiger partial charge in [0.1, 0.15) is 5.75 Å². The zero-order chi connectivity index (χ0) is 18.1. The van der Waals surface area contributed by atoms with Crippen LogP contribution in [-0.2, 0) is 21.3 Å². The highest BCUT2D eigenvalue weighted by atomic mass is 32.2. The molecule has 136 valence electrons. The summed E-state index contributed by atoms with van der Waals surface area (Å²) < 4.78 is 37.9. The molecule has 0 aliphatic rings. The second kappa shape index (κ2) is 9.50. The van der Waals surface area contributed by atoms with E-state index in [2.05, 4.69) is 4.98 Å². The molecule has 1 aromatic heterocycles. The van der Waals surface area contributed by atoms with E-state index in [0.29, 0.717) is 19.0 Å². The molecule has 0 spiro atoms. The van der Waals surface area contributed by atoms with Gasteiger partial charge in [-0.2, -0.15) is 4.31 Å². The summed E-state index contributed by atoms with van der Waals surface area (Å²) in [6.45, 7) is 3.49. The minimum Gasteiger partial charge on any atom is -0.494 e. The zero-order valence-electron chi connectivity index (χ0n) is 14.6. The lowest BCUT2D eigenvalue weighted by atomic mass is 10.3. The van der Waals surface area contributed by atoms with Gasteiger partial charge in [-0.25, -0.2) is 8.42 Å². The summed E-state index contributed by atoms with van der Waals surface area (Å²) in [7, 11) is -2.08. The molecule has 0 amide bonds. The average molecular weight is 364 g/mol. The molecule has 0 saturated heterocycles. The molecule has 0 aliphatic heterocycles. The number of aromatic nitrogens is 1. The maximum atomic E-state index is 13.0. The highest BCUT2D eigenvalue weighted by Gasteiger charge is 2.24. The lowest BCUT2D eigenvalue weighted by molar-refractivity contribution is 0.177. The normalized spacial score (nSPS) is 11.6. The molecule has 1 heterocycles. The van der Waals surface area contributed by atoms with Crippen LogP contribution >= 0.6 is 0 Å². The van der Waals surface area contributed by atoms with Crippen LogP contribution < -0.4 is 4.74 Å². The van der Waals surface area contributed by atoms with E-state index in [1.807, 2.05) is 6.92 Å². The Morgan fingerprint density at radius 1 is 1.04 bits per heavy atom. The Bertz CT molecular complexity index is 733. The van der Waals surface area contributed by atoms with Crippen LogP contribution in [0.5, 0.6) is 5.75 Å². The molecule has 0 fully saturated rings. The zero-order valence-corrected chi connectivity index (χ0v) is 15.4. The topological polar surface area (TPSA) is 68.7 Å². The van der Waals surface area contributed by atoms with E-state index >= 15 is 0 Å². The van der Waals surface area contributed by atoms with Crippen LogP contribution in [0.4, 0.5) is 0 Å². The van der Waals surface area contributed by atoms with Gasteiger partial charge in [-0.15, -0.1) is 0 Å². The van der Waals surface area contributed by atoms with Gasteiger partial charge in [-0.3, -0.25) is 4.98 Å². The summed E-state index contributed by atoms with van der Waals surface area (Å²) >= 11 is 0. The number of hydrogen-bond acceptors (Lipinski definition) is 5. The Morgan fingerprint density at radius 2 is 1.72 bits per heavy atom. The average Bonchev–Trinajstić information content (AvgIpc) is 2.64. The van der Waals surface area contributed by atoms with Crippen molar-refractivity contribution in [2.45, 2.75) is 24.8 Å². The van der Waals surface area contributed by atoms with Gasteiger partial charge in [0.2, 0.25) is 10.0 Å². The summed E-state index contributed by atoms with van der Waals surface area (Å²) in [6, 6.07) is 10.1. The number of pyridine rings is 1. The summed E-state index contributed by atoms with van der Waals surface area (Å²) in [5, 5.41) is 0. The predicted molar refractivity (Wildman–Crippen MR) is 95.9 cm³/mol. The van der Waals surface area contributed by atoms with Gasteiger partial charge in [0.05, 0.1) is 18.1 Å². The molecule has 1 aromatic carbocycles. The second-order valence-corrected chi connectivity index (χ2v) is 7.44.